The van der Waals surface area contributed by atoms with E-state index in [0.29, 0.717) is 17.2 Å². The van der Waals surface area contributed by atoms with Crippen LogP contribution >= 0.6 is 11.6 Å². The van der Waals surface area contributed by atoms with E-state index >= 15 is 0 Å². The summed E-state index contributed by atoms with van der Waals surface area (Å²) in [5, 5.41) is 1.62. The predicted octanol–water partition coefficient (Wildman–Crippen LogP) is 3.06. The lowest BCUT2D eigenvalue weighted by molar-refractivity contribution is -0.914. The highest BCUT2D eigenvalue weighted by Crippen LogP contribution is 2.28. The van der Waals surface area contributed by atoms with Gasteiger partial charge in [-0.2, -0.15) is 0 Å². The van der Waals surface area contributed by atoms with E-state index in [2.05, 4.69) is 17.0 Å². The average molecular weight is 414 g/mol. The van der Waals surface area contributed by atoms with Gasteiger partial charge < -0.3 is 19.0 Å². The third-order valence-electron chi connectivity index (χ3n) is 5.53. The van der Waals surface area contributed by atoms with Gasteiger partial charge >= 0.3 is 5.63 Å². The molecule has 29 heavy (non-hydrogen) atoms. The van der Waals surface area contributed by atoms with Crippen molar-refractivity contribution < 1.29 is 14.1 Å². The summed E-state index contributed by atoms with van der Waals surface area (Å²) in [6.45, 7) is 9.23. The highest BCUT2D eigenvalue weighted by molar-refractivity contribution is 6.32. The van der Waals surface area contributed by atoms with Gasteiger partial charge in [-0.05, 0) is 43.7 Å². The first-order valence-corrected chi connectivity index (χ1v) is 10.5. The summed E-state index contributed by atoms with van der Waals surface area (Å²) < 4.78 is 11.2. The van der Waals surface area contributed by atoms with E-state index in [4.69, 9.17) is 20.8 Å². The van der Waals surface area contributed by atoms with E-state index in [1.54, 1.807) is 6.07 Å². The number of halogens is 1. The molecule has 0 saturated carbocycles. The average Bonchev–Trinajstić information content (AvgIpc) is 2.71. The van der Waals surface area contributed by atoms with E-state index in [1.807, 2.05) is 38.1 Å². The number of piperazine rings is 1. The summed E-state index contributed by atoms with van der Waals surface area (Å²) in [5.41, 5.74) is 3.36. The molecule has 1 aliphatic heterocycles. The molecule has 5 nitrogen and oxygen atoms in total. The number of nitrogens with zero attached hydrogens (tertiary/aromatic N) is 1. The highest BCUT2D eigenvalue weighted by Gasteiger charge is 2.23. The van der Waals surface area contributed by atoms with Crippen LogP contribution in [0.1, 0.15) is 18.1 Å². The Labute approximate surface area is 175 Å². The van der Waals surface area contributed by atoms with Crippen LogP contribution in [0.5, 0.6) is 5.75 Å². The number of nitrogens with one attached hydrogen (secondary N) is 1. The van der Waals surface area contributed by atoms with Crippen molar-refractivity contribution in [1.82, 2.24) is 0 Å². The summed E-state index contributed by atoms with van der Waals surface area (Å²) in [7, 11) is 0. The number of rotatable bonds is 5. The van der Waals surface area contributed by atoms with Crippen LogP contribution in [-0.4, -0.2) is 32.8 Å². The van der Waals surface area contributed by atoms with Gasteiger partial charge in [-0.15, -0.1) is 0 Å². The van der Waals surface area contributed by atoms with E-state index in [1.165, 1.54) is 4.90 Å². The number of para-hydroxylation sites is 2. The lowest BCUT2D eigenvalue weighted by Gasteiger charge is -2.34. The molecule has 152 valence electrons. The number of hydrogen-bond donors (Lipinski definition) is 1. The highest BCUT2D eigenvalue weighted by atomic mass is 35.5. The van der Waals surface area contributed by atoms with Gasteiger partial charge in [0.2, 0.25) is 0 Å². The van der Waals surface area contributed by atoms with Gasteiger partial charge in [0.1, 0.15) is 17.9 Å². The van der Waals surface area contributed by atoms with Crippen LogP contribution < -0.4 is 20.2 Å². The van der Waals surface area contributed by atoms with Gasteiger partial charge in [0.25, 0.3) is 0 Å². The predicted molar refractivity (Wildman–Crippen MR) is 116 cm³/mol. The Balaban J connectivity index is 1.51. The van der Waals surface area contributed by atoms with E-state index < -0.39 is 0 Å². The fraction of sp³-hybridized carbons (Fsp3) is 0.348. The van der Waals surface area contributed by atoms with Crippen LogP contribution in [0.3, 0.4) is 0 Å². The summed E-state index contributed by atoms with van der Waals surface area (Å²) in [5.74, 6) is 0.940. The second kappa shape index (κ2) is 8.47. The Morgan fingerprint density at radius 1 is 1.17 bits per heavy atom. The standard InChI is InChI=1S/C23H25ClN2O3/c1-3-28-21-7-5-4-6-20(21)26-10-8-25(9-11-26)15-17-13-23(27)29-22-12-16(2)19(24)14-18(17)22/h4-7,12-14H,3,8-11,15H2,1-2H3/p+1. The normalized spacial score (nSPS) is 15.1. The molecule has 6 heteroatoms. The van der Waals surface area contributed by atoms with Crippen molar-refractivity contribution in [3.05, 3.63) is 69.0 Å². The molecule has 0 amide bonds. The van der Waals surface area contributed by atoms with E-state index in [0.717, 1.165) is 60.7 Å². The Kier molecular flexibility index (Phi) is 5.79. The molecule has 1 fully saturated rings. The van der Waals surface area contributed by atoms with Crippen LogP contribution in [0.4, 0.5) is 5.69 Å². The van der Waals surface area contributed by atoms with Crippen molar-refractivity contribution in [1.29, 1.82) is 0 Å². The van der Waals surface area contributed by atoms with Crippen LogP contribution in [0.25, 0.3) is 11.0 Å². The quantitative estimate of drug-likeness (QED) is 0.653. The maximum atomic E-state index is 12.0. The molecule has 0 bridgehead atoms. The Hall–Kier alpha value is -2.50. The van der Waals surface area contributed by atoms with Crippen LogP contribution in [0.15, 0.2) is 51.7 Å². The lowest BCUT2D eigenvalue weighted by Crippen LogP contribution is -3.13. The summed E-state index contributed by atoms with van der Waals surface area (Å²) in [6.07, 6.45) is 0. The largest absolute Gasteiger partial charge is 0.492 e. The summed E-state index contributed by atoms with van der Waals surface area (Å²) >= 11 is 6.32. The number of quaternary nitrogens is 1. The summed E-state index contributed by atoms with van der Waals surface area (Å²) in [4.78, 5) is 15.9. The molecular weight excluding hydrogens is 388 g/mol. The summed E-state index contributed by atoms with van der Waals surface area (Å²) in [6, 6.07) is 13.6. The first-order chi connectivity index (χ1) is 14.0. The molecule has 0 spiro atoms. The van der Waals surface area contributed by atoms with Gasteiger partial charge in [0.15, 0.2) is 0 Å². The molecule has 3 aromatic rings. The van der Waals surface area contributed by atoms with E-state index in [-0.39, 0.29) is 5.63 Å². The topological polar surface area (TPSA) is 47.1 Å². The maximum absolute atomic E-state index is 12.0. The number of aryl methyl sites for hydroxylation is 1. The zero-order valence-corrected chi connectivity index (χ0v) is 17.6. The van der Waals surface area contributed by atoms with Gasteiger partial charge in [0, 0.05) is 22.0 Å². The fourth-order valence-electron chi connectivity index (χ4n) is 4.00. The third-order valence-corrected chi connectivity index (χ3v) is 5.93. The Bertz CT molecular complexity index is 1070. The van der Waals surface area contributed by atoms with Crippen molar-refractivity contribution in [2.24, 2.45) is 0 Å². The Morgan fingerprint density at radius 3 is 2.69 bits per heavy atom. The fourth-order valence-corrected chi connectivity index (χ4v) is 4.16. The van der Waals surface area contributed by atoms with Crippen molar-refractivity contribution in [3.63, 3.8) is 0 Å². The van der Waals surface area contributed by atoms with Crippen molar-refractivity contribution in [2.75, 3.05) is 37.7 Å². The SMILES string of the molecule is CCOc1ccccc1N1CC[NH+](Cc2cc(=O)oc3cc(C)c(Cl)cc23)CC1. The minimum absolute atomic E-state index is 0.307. The van der Waals surface area contributed by atoms with Crippen LogP contribution in [0, 0.1) is 6.92 Å². The first kappa shape index (κ1) is 19.8. The number of anilines is 1. The number of benzene rings is 2. The molecule has 2 heterocycles. The number of hydrogen-bond acceptors (Lipinski definition) is 4. The minimum Gasteiger partial charge on any atom is -0.492 e. The molecule has 2 aromatic carbocycles. The third kappa shape index (κ3) is 4.26. The molecule has 4 rings (SSSR count). The molecular formula is C23H26ClN2O3+. The molecule has 1 saturated heterocycles. The molecule has 0 unspecified atom stereocenters. The van der Waals surface area contributed by atoms with Crippen molar-refractivity contribution >= 4 is 28.3 Å². The molecule has 1 aromatic heterocycles. The molecule has 1 aliphatic rings. The number of ether oxygens (including phenoxy) is 1. The monoisotopic (exact) mass is 413 g/mol. The molecule has 0 atom stereocenters. The van der Waals surface area contributed by atoms with Gasteiger partial charge in [-0.25, -0.2) is 4.79 Å². The van der Waals surface area contributed by atoms with Crippen LogP contribution in [0.2, 0.25) is 5.02 Å². The smallest absolute Gasteiger partial charge is 0.336 e. The van der Waals surface area contributed by atoms with Crippen molar-refractivity contribution in [2.45, 2.75) is 20.4 Å². The second-order valence-corrected chi connectivity index (χ2v) is 7.91. The lowest BCUT2D eigenvalue weighted by atomic mass is 10.1. The van der Waals surface area contributed by atoms with Gasteiger partial charge in [-0.3, -0.25) is 0 Å². The minimum atomic E-state index is -0.307. The molecule has 1 N–H and O–H groups in total. The first-order valence-electron chi connectivity index (χ1n) is 10.1. The Morgan fingerprint density at radius 2 is 1.93 bits per heavy atom. The number of fused-ring (bicyclic) bond motifs is 1. The zero-order valence-electron chi connectivity index (χ0n) is 16.8. The van der Waals surface area contributed by atoms with Gasteiger partial charge in [-0.1, -0.05) is 23.7 Å². The van der Waals surface area contributed by atoms with E-state index in [9.17, 15) is 4.79 Å². The second-order valence-electron chi connectivity index (χ2n) is 7.50. The molecule has 0 radical (unpaired) electrons. The van der Waals surface area contributed by atoms with Crippen LogP contribution in [-0.2, 0) is 6.54 Å². The maximum Gasteiger partial charge on any atom is 0.336 e. The van der Waals surface area contributed by atoms with Gasteiger partial charge in [0.05, 0.1) is 38.5 Å². The van der Waals surface area contributed by atoms with Crippen molar-refractivity contribution in [3.8, 4) is 5.75 Å². The molecule has 0 aliphatic carbocycles. The zero-order chi connectivity index (χ0) is 20.4.